The maximum Gasteiger partial charge on any atom is 0.416 e. The van der Waals surface area contributed by atoms with Gasteiger partial charge in [0.05, 0.1) is 5.56 Å². The summed E-state index contributed by atoms with van der Waals surface area (Å²) in [5, 5.41) is 2.75. The first kappa shape index (κ1) is 18.5. The van der Waals surface area contributed by atoms with Crippen LogP contribution in [0.5, 0.6) is 0 Å². The highest BCUT2D eigenvalue weighted by Crippen LogP contribution is 2.37. The number of benzene rings is 2. The number of fused-ring (bicyclic) bond motifs is 3. The molecule has 2 bridgehead atoms. The second kappa shape index (κ2) is 6.76. The molecule has 2 atom stereocenters. The molecule has 2 heterocycles. The molecule has 1 N–H and O–H groups in total. The van der Waals surface area contributed by atoms with Crippen molar-refractivity contribution in [3.63, 3.8) is 0 Å². The normalized spacial score (nSPS) is 24.2. The first-order chi connectivity index (χ1) is 13.9. The maximum atomic E-state index is 12.7. The van der Waals surface area contributed by atoms with Crippen LogP contribution in [0.3, 0.4) is 0 Å². The van der Waals surface area contributed by atoms with Crippen molar-refractivity contribution in [3.05, 3.63) is 65.2 Å². The van der Waals surface area contributed by atoms with E-state index in [0.29, 0.717) is 24.3 Å². The Kier molecular flexibility index (Phi) is 4.31. The summed E-state index contributed by atoms with van der Waals surface area (Å²) in [5.41, 5.74) is 2.52. The van der Waals surface area contributed by atoms with Gasteiger partial charge >= 0.3 is 12.2 Å². The molecule has 4 nitrogen and oxygen atoms in total. The zero-order valence-corrected chi connectivity index (χ0v) is 15.8. The van der Waals surface area contributed by atoms with Crippen molar-refractivity contribution < 1.29 is 18.0 Å². The van der Waals surface area contributed by atoms with Gasteiger partial charge in [0.25, 0.3) is 0 Å². The van der Waals surface area contributed by atoms with Crippen LogP contribution in [0.25, 0.3) is 0 Å². The van der Waals surface area contributed by atoms with Gasteiger partial charge in [0.2, 0.25) is 0 Å². The number of alkyl halides is 3. The maximum absolute atomic E-state index is 12.7. The monoisotopic (exact) mass is 401 g/mol. The summed E-state index contributed by atoms with van der Waals surface area (Å²) >= 11 is 0. The van der Waals surface area contributed by atoms with E-state index in [1.54, 1.807) is 0 Å². The highest BCUT2D eigenvalue weighted by Gasteiger charge is 2.48. The summed E-state index contributed by atoms with van der Waals surface area (Å²) in [6, 6.07) is 14.0. The lowest BCUT2D eigenvalue weighted by molar-refractivity contribution is -0.137. The number of carbonyl (C=O) groups excluding carboxylic acids is 1. The van der Waals surface area contributed by atoms with Gasteiger partial charge in [-0.25, -0.2) is 4.79 Å². The van der Waals surface area contributed by atoms with E-state index in [1.807, 2.05) is 4.90 Å². The topological polar surface area (TPSA) is 35.6 Å². The standard InChI is InChI=1S/C22H22F3N3O/c23-22(24,25)16-5-7-17(8-6-16)26-21(29)28-13-19-11-20(28)12-27(19)18-9-14-3-1-2-4-15(14)10-18/h1-8,18-20H,9-13H2,(H,26,29). The number of carbonyl (C=O) groups is 1. The number of urea groups is 1. The van der Waals surface area contributed by atoms with Gasteiger partial charge in [-0.2, -0.15) is 13.2 Å². The Morgan fingerprint density at radius 3 is 2.10 bits per heavy atom. The SMILES string of the molecule is O=C(Nc1ccc(C(F)(F)F)cc1)N1CC2CC1CN2C1Cc2ccccc2C1. The van der Waals surface area contributed by atoms with Gasteiger partial charge < -0.3 is 10.2 Å². The number of rotatable bonds is 2. The quantitative estimate of drug-likeness (QED) is 0.820. The number of anilines is 1. The Balaban J connectivity index is 1.20. The number of piperazine rings is 1. The van der Waals surface area contributed by atoms with Crippen LogP contribution in [-0.4, -0.2) is 47.0 Å². The average molecular weight is 401 g/mol. The lowest BCUT2D eigenvalue weighted by Gasteiger charge is -2.37. The molecule has 2 saturated heterocycles. The fourth-order valence-electron chi connectivity index (χ4n) is 5.10. The Bertz CT molecular complexity index is 903. The average Bonchev–Trinajstić information content (AvgIpc) is 3.40. The van der Waals surface area contributed by atoms with Crippen LogP contribution in [0, 0.1) is 0 Å². The molecule has 0 radical (unpaired) electrons. The van der Waals surface area contributed by atoms with Crippen molar-refractivity contribution in [1.82, 2.24) is 9.80 Å². The molecule has 0 aromatic heterocycles. The van der Waals surface area contributed by atoms with Gasteiger partial charge in [0.15, 0.2) is 0 Å². The third-order valence-corrected chi connectivity index (χ3v) is 6.51. The number of nitrogens with one attached hydrogen (secondary N) is 1. The van der Waals surface area contributed by atoms with Crippen LogP contribution in [0.2, 0.25) is 0 Å². The number of nitrogens with zero attached hydrogens (tertiary/aromatic N) is 2. The van der Waals surface area contributed by atoms with E-state index in [2.05, 4.69) is 34.5 Å². The molecule has 2 aromatic rings. The number of halogens is 3. The molecular weight excluding hydrogens is 379 g/mol. The number of hydrogen-bond donors (Lipinski definition) is 1. The molecular formula is C22H22F3N3O. The van der Waals surface area contributed by atoms with Gasteiger partial charge in [-0.15, -0.1) is 0 Å². The Morgan fingerprint density at radius 2 is 1.55 bits per heavy atom. The number of likely N-dealkylation sites (tertiary alicyclic amines) is 2. The van der Waals surface area contributed by atoms with Gasteiger partial charge in [0.1, 0.15) is 0 Å². The van der Waals surface area contributed by atoms with E-state index in [-0.39, 0.29) is 12.1 Å². The Labute approximate surface area is 167 Å². The molecule has 0 saturated carbocycles. The lowest BCUT2D eigenvalue weighted by atomic mass is 10.1. The summed E-state index contributed by atoms with van der Waals surface area (Å²) < 4.78 is 38.0. The van der Waals surface area contributed by atoms with E-state index in [4.69, 9.17) is 0 Å². The molecule has 1 aliphatic carbocycles. The van der Waals surface area contributed by atoms with Crippen molar-refractivity contribution in [2.75, 3.05) is 18.4 Å². The van der Waals surface area contributed by atoms with Crippen molar-refractivity contribution >= 4 is 11.7 Å². The molecule has 3 aliphatic rings. The molecule has 29 heavy (non-hydrogen) atoms. The van der Waals surface area contributed by atoms with Crippen LogP contribution in [0.4, 0.5) is 23.7 Å². The first-order valence-corrected chi connectivity index (χ1v) is 9.96. The molecule has 5 rings (SSSR count). The molecule has 2 aliphatic heterocycles. The zero-order chi connectivity index (χ0) is 20.2. The highest BCUT2D eigenvalue weighted by molar-refractivity contribution is 5.90. The Morgan fingerprint density at radius 1 is 0.897 bits per heavy atom. The largest absolute Gasteiger partial charge is 0.416 e. The third kappa shape index (κ3) is 3.37. The minimum atomic E-state index is -4.38. The molecule has 7 heteroatoms. The molecule has 2 amide bonds. The summed E-state index contributed by atoms with van der Waals surface area (Å²) in [7, 11) is 0. The van der Waals surface area contributed by atoms with Gasteiger partial charge in [-0.3, -0.25) is 4.90 Å². The molecule has 2 aromatic carbocycles. The van der Waals surface area contributed by atoms with Crippen molar-refractivity contribution in [2.45, 2.75) is 43.6 Å². The summed E-state index contributed by atoms with van der Waals surface area (Å²) in [6.45, 7) is 1.54. The van der Waals surface area contributed by atoms with E-state index >= 15 is 0 Å². The smallest absolute Gasteiger partial charge is 0.319 e. The zero-order valence-electron chi connectivity index (χ0n) is 15.8. The van der Waals surface area contributed by atoms with E-state index < -0.39 is 11.7 Å². The molecule has 2 unspecified atom stereocenters. The van der Waals surface area contributed by atoms with Gasteiger partial charge in [0, 0.05) is 36.9 Å². The van der Waals surface area contributed by atoms with E-state index in [1.165, 1.54) is 23.3 Å². The van der Waals surface area contributed by atoms with Crippen LogP contribution in [0.15, 0.2) is 48.5 Å². The summed E-state index contributed by atoms with van der Waals surface area (Å²) in [4.78, 5) is 17.0. The van der Waals surface area contributed by atoms with Crippen molar-refractivity contribution in [1.29, 1.82) is 0 Å². The fraction of sp³-hybridized carbons (Fsp3) is 0.409. The van der Waals surface area contributed by atoms with Crippen LogP contribution in [-0.2, 0) is 19.0 Å². The lowest BCUT2D eigenvalue weighted by Crippen LogP contribution is -2.53. The van der Waals surface area contributed by atoms with E-state index in [0.717, 1.165) is 37.9 Å². The fourth-order valence-corrected chi connectivity index (χ4v) is 5.10. The second-order valence-corrected chi connectivity index (χ2v) is 8.23. The van der Waals surface area contributed by atoms with Crippen molar-refractivity contribution in [3.8, 4) is 0 Å². The minimum absolute atomic E-state index is 0.165. The predicted molar refractivity (Wildman–Crippen MR) is 104 cm³/mol. The molecule has 152 valence electrons. The molecule has 0 spiro atoms. The van der Waals surface area contributed by atoms with Gasteiger partial charge in [-0.05, 0) is 54.7 Å². The summed E-state index contributed by atoms with van der Waals surface area (Å²) in [6.07, 6.45) is -1.28. The molecule has 2 fully saturated rings. The van der Waals surface area contributed by atoms with E-state index in [9.17, 15) is 18.0 Å². The van der Waals surface area contributed by atoms with Gasteiger partial charge in [-0.1, -0.05) is 24.3 Å². The van der Waals surface area contributed by atoms with Crippen LogP contribution in [0.1, 0.15) is 23.1 Å². The predicted octanol–water partition coefficient (Wildman–Crippen LogP) is 4.16. The van der Waals surface area contributed by atoms with Crippen LogP contribution >= 0.6 is 0 Å². The van der Waals surface area contributed by atoms with Crippen LogP contribution < -0.4 is 5.32 Å². The first-order valence-electron chi connectivity index (χ1n) is 9.96. The third-order valence-electron chi connectivity index (χ3n) is 6.51. The van der Waals surface area contributed by atoms with Crippen molar-refractivity contribution in [2.24, 2.45) is 0 Å². The highest BCUT2D eigenvalue weighted by atomic mass is 19.4. The number of amides is 2. The second-order valence-electron chi connectivity index (χ2n) is 8.23. The number of hydrogen-bond acceptors (Lipinski definition) is 2. The summed E-state index contributed by atoms with van der Waals surface area (Å²) in [5.74, 6) is 0. The minimum Gasteiger partial charge on any atom is -0.319 e. The Hall–Kier alpha value is -2.54.